The van der Waals surface area contributed by atoms with Crippen LogP contribution < -0.4 is 4.31 Å². The van der Waals surface area contributed by atoms with E-state index in [1.807, 2.05) is 6.92 Å². The van der Waals surface area contributed by atoms with Gasteiger partial charge in [-0.25, -0.2) is 12.8 Å². The number of aliphatic hydroxyl groups is 1. The van der Waals surface area contributed by atoms with E-state index in [2.05, 4.69) is 0 Å². The standard InChI is InChI=1S/C15H19F4NO3S2/c1-4-24-8-14(2,21)13-6-9-5-11(16)10(15(17,18)19)7-12(9)20(13)25(3,22)23/h5,7,13,21H,4,6,8H2,1-3H3. The van der Waals surface area contributed by atoms with Crippen molar-refractivity contribution in [3.63, 3.8) is 0 Å². The summed E-state index contributed by atoms with van der Waals surface area (Å²) < 4.78 is 78.0. The van der Waals surface area contributed by atoms with E-state index in [0.717, 1.165) is 10.6 Å². The molecule has 1 aromatic carbocycles. The maximum atomic E-state index is 13.8. The number of nitrogens with zero attached hydrogens (tertiary/aromatic N) is 1. The van der Waals surface area contributed by atoms with Crippen LogP contribution in [0, 0.1) is 5.82 Å². The maximum Gasteiger partial charge on any atom is 0.419 e. The molecule has 1 heterocycles. The predicted molar refractivity (Wildman–Crippen MR) is 89.8 cm³/mol. The van der Waals surface area contributed by atoms with Gasteiger partial charge in [0.05, 0.1) is 29.1 Å². The molecule has 2 atom stereocenters. The molecule has 0 spiro atoms. The zero-order valence-corrected chi connectivity index (χ0v) is 15.5. The van der Waals surface area contributed by atoms with Gasteiger partial charge in [0.25, 0.3) is 0 Å². The van der Waals surface area contributed by atoms with Crippen molar-refractivity contribution in [3.05, 3.63) is 29.1 Å². The molecule has 0 amide bonds. The predicted octanol–water partition coefficient (Wildman–Crippen LogP) is 3.04. The fourth-order valence-electron chi connectivity index (χ4n) is 2.94. The molecule has 4 nitrogen and oxygen atoms in total. The molecule has 0 bridgehead atoms. The molecule has 0 aliphatic carbocycles. The van der Waals surface area contributed by atoms with Crippen molar-refractivity contribution in [1.29, 1.82) is 0 Å². The van der Waals surface area contributed by atoms with Gasteiger partial charge >= 0.3 is 6.18 Å². The molecule has 1 aliphatic heterocycles. The van der Waals surface area contributed by atoms with Crippen molar-refractivity contribution in [2.45, 2.75) is 38.1 Å². The van der Waals surface area contributed by atoms with Crippen LogP contribution in [0.25, 0.3) is 0 Å². The lowest BCUT2D eigenvalue weighted by Gasteiger charge is -2.36. The van der Waals surface area contributed by atoms with Gasteiger partial charge in [-0.05, 0) is 36.8 Å². The van der Waals surface area contributed by atoms with Gasteiger partial charge in [0.2, 0.25) is 10.0 Å². The fraction of sp³-hybridized carbons (Fsp3) is 0.600. The van der Waals surface area contributed by atoms with E-state index in [1.54, 1.807) is 0 Å². The van der Waals surface area contributed by atoms with Crippen LogP contribution in [-0.4, -0.2) is 42.9 Å². The molecule has 0 saturated heterocycles. The average Bonchev–Trinajstić information content (AvgIpc) is 2.82. The van der Waals surface area contributed by atoms with Gasteiger partial charge in [-0.15, -0.1) is 0 Å². The van der Waals surface area contributed by atoms with Crippen molar-refractivity contribution in [3.8, 4) is 0 Å². The molecule has 1 aliphatic rings. The van der Waals surface area contributed by atoms with Crippen molar-refractivity contribution in [2.75, 3.05) is 22.1 Å². The molecular weight excluding hydrogens is 382 g/mol. The number of hydrogen-bond donors (Lipinski definition) is 1. The second-order valence-corrected chi connectivity index (χ2v) is 9.37. The number of anilines is 1. The van der Waals surface area contributed by atoms with E-state index in [0.29, 0.717) is 17.9 Å². The number of rotatable bonds is 5. The molecular formula is C15H19F4NO3S2. The normalized spacial score (nSPS) is 20.5. The van der Waals surface area contributed by atoms with E-state index in [1.165, 1.54) is 18.7 Å². The van der Waals surface area contributed by atoms with E-state index >= 15 is 0 Å². The quantitative estimate of drug-likeness (QED) is 0.771. The Labute approximate surface area is 148 Å². The molecule has 10 heteroatoms. The molecule has 25 heavy (non-hydrogen) atoms. The number of sulfonamides is 1. The molecule has 0 aromatic heterocycles. The minimum absolute atomic E-state index is 0.0608. The van der Waals surface area contributed by atoms with Gasteiger partial charge in [-0.2, -0.15) is 24.9 Å². The molecule has 142 valence electrons. The third-order valence-electron chi connectivity index (χ3n) is 4.08. The zero-order valence-electron chi connectivity index (χ0n) is 13.9. The summed E-state index contributed by atoms with van der Waals surface area (Å²) in [5.74, 6) is -0.576. The Morgan fingerprint density at radius 2 is 1.96 bits per heavy atom. The number of halogens is 4. The Hall–Kier alpha value is -1.00. The summed E-state index contributed by atoms with van der Waals surface area (Å²) >= 11 is 1.38. The van der Waals surface area contributed by atoms with E-state index in [9.17, 15) is 31.1 Å². The SMILES string of the molecule is CCSCC(C)(O)C1Cc2cc(F)c(C(F)(F)F)cc2N1S(C)(=O)=O. The Kier molecular flexibility index (Phi) is 5.38. The van der Waals surface area contributed by atoms with E-state index in [-0.39, 0.29) is 23.4 Å². The first kappa shape index (κ1) is 20.3. The van der Waals surface area contributed by atoms with Crippen LogP contribution in [0.15, 0.2) is 12.1 Å². The first-order valence-electron chi connectivity index (χ1n) is 7.48. The highest BCUT2D eigenvalue weighted by molar-refractivity contribution is 7.99. The van der Waals surface area contributed by atoms with Crippen LogP contribution in [-0.2, 0) is 22.6 Å². The van der Waals surface area contributed by atoms with Crippen molar-refractivity contribution in [2.24, 2.45) is 0 Å². The topological polar surface area (TPSA) is 57.6 Å². The summed E-state index contributed by atoms with van der Waals surface area (Å²) in [7, 11) is -3.97. The molecule has 0 radical (unpaired) electrons. The smallest absolute Gasteiger partial charge is 0.387 e. The van der Waals surface area contributed by atoms with Crippen LogP contribution in [0.1, 0.15) is 25.0 Å². The Balaban J connectivity index is 2.58. The van der Waals surface area contributed by atoms with Gasteiger partial charge in [-0.3, -0.25) is 4.31 Å². The molecule has 0 saturated carbocycles. The van der Waals surface area contributed by atoms with Gasteiger partial charge in [0, 0.05) is 5.75 Å². The highest BCUT2D eigenvalue weighted by Gasteiger charge is 2.47. The van der Waals surface area contributed by atoms with Crippen molar-refractivity contribution >= 4 is 27.5 Å². The summed E-state index contributed by atoms with van der Waals surface area (Å²) in [6.07, 6.45) is -4.15. The van der Waals surface area contributed by atoms with Crippen LogP contribution in [0.3, 0.4) is 0 Å². The van der Waals surface area contributed by atoms with Crippen molar-refractivity contribution in [1.82, 2.24) is 0 Å². The zero-order chi connectivity index (χ0) is 19.2. The third kappa shape index (κ3) is 4.06. The second kappa shape index (κ2) is 6.62. The van der Waals surface area contributed by atoms with Gasteiger partial charge in [0.15, 0.2) is 0 Å². The van der Waals surface area contributed by atoms with Crippen LogP contribution in [0.2, 0.25) is 0 Å². The van der Waals surface area contributed by atoms with E-state index in [4.69, 9.17) is 0 Å². The summed E-state index contributed by atoms with van der Waals surface area (Å²) in [5, 5.41) is 10.7. The van der Waals surface area contributed by atoms with E-state index < -0.39 is 39.2 Å². The summed E-state index contributed by atoms with van der Waals surface area (Å²) in [6, 6.07) is 0.216. The Morgan fingerprint density at radius 3 is 2.44 bits per heavy atom. The average molecular weight is 401 g/mol. The Bertz CT molecular complexity index is 763. The first-order chi connectivity index (χ1) is 11.3. The monoisotopic (exact) mass is 401 g/mol. The first-order valence-corrected chi connectivity index (χ1v) is 10.5. The highest BCUT2D eigenvalue weighted by Crippen LogP contribution is 2.43. The molecule has 2 rings (SSSR count). The lowest BCUT2D eigenvalue weighted by molar-refractivity contribution is -0.139. The minimum atomic E-state index is -4.94. The van der Waals surface area contributed by atoms with Gasteiger partial charge in [0.1, 0.15) is 5.82 Å². The number of alkyl halides is 3. The van der Waals surface area contributed by atoms with Crippen LogP contribution in [0.4, 0.5) is 23.2 Å². The summed E-state index contributed by atoms with van der Waals surface area (Å²) in [6.45, 7) is 3.30. The summed E-state index contributed by atoms with van der Waals surface area (Å²) in [5.41, 5.74) is -3.12. The Morgan fingerprint density at radius 1 is 1.36 bits per heavy atom. The maximum absolute atomic E-state index is 13.8. The molecule has 1 aromatic rings. The number of fused-ring (bicyclic) bond motifs is 1. The lowest BCUT2D eigenvalue weighted by atomic mass is 9.95. The molecule has 1 N–H and O–H groups in total. The second-order valence-electron chi connectivity index (χ2n) is 6.23. The molecule has 2 unspecified atom stereocenters. The van der Waals surface area contributed by atoms with Gasteiger partial charge < -0.3 is 5.11 Å². The fourth-order valence-corrected chi connectivity index (χ4v) is 5.04. The summed E-state index contributed by atoms with van der Waals surface area (Å²) in [4.78, 5) is 0. The largest absolute Gasteiger partial charge is 0.419 e. The lowest BCUT2D eigenvalue weighted by Crippen LogP contribution is -2.53. The van der Waals surface area contributed by atoms with Gasteiger partial charge in [-0.1, -0.05) is 6.92 Å². The van der Waals surface area contributed by atoms with Crippen LogP contribution >= 0.6 is 11.8 Å². The number of thioether (sulfide) groups is 1. The van der Waals surface area contributed by atoms with Crippen LogP contribution in [0.5, 0.6) is 0 Å². The minimum Gasteiger partial charge on any atom is -0.387 e. The number of benzene rings is 1. The molecule has 0 fully saturated rings. The third-order valence-corrected chi connectivity index (χ3v) is 6.44. The number of hydrogen-bond acceptors (Lipinski definition) is 4. The van der Waals surface area contributed by atoms with Crippen molar-refractivity contribution < 1.29 is 31.1 Å². The highest BCUT2D eigenvalue weighted by atomic mass is 32.2.